The zero-order valence-electron chi connectivity index (χ0n) is 13.0. The van der Waals surface area contributed by atoms with Crippen molar-refractivity contribution in [1.82, 2.24) is 15.2 Å². The third-order valence-electron chi connectivity index (χ3n) is 4.66. The second kappa shape index (κ2) is 6.54. The molecule has 1 aliphatic rings. The second-order valence-electron chi connectivity index (χ2n) is 6.10. The molecule has 1 fully saturated rings. The summed E-state index contributed by atoms with van der Waals surface area (Å²) in [7, 11) is 0. The van der Waals surface area contributed by atoms with Crippen LogP contribution < -0.4 is 5.32 Å². The van der Waals surface area contributed by atoms with Crippen LogP contribution in [0, 0.1) is 0 Å². The maximum absolute atomic E-state index is 4.56. The van der Waals surface area contributed by atoms with E-state index >= 15 is 0 Å². The number of para-hydroxylation sites is 1. The Balaban J connectivity index is 1.71. The Morgan fingerprint density at radius 3 is 3.00 bits per heavy atom. The average Bonchev–Trinajstić information content (AvgIpc) is 2.54. The minimum atomic E-state index is 0.621. The van der Waals surface area contributed by atoms with E-state index in [4.69, 9.17) is 0 Å². The van der Waals surface area contributed by atoms with Gasteiger partial charge in [0.15, 0.2) is 0 Å². The first-order valence-corrected chi connectivity index (χ1v) is 8.08. The number of nitrogens with zero attached hydrogens (tertiary/aromatic N) is 2. The zero-order valence-corrected chi connectivity index (χ0v) is 13.0. The molecule has 1 aromatic carbocycles. The Labute approximate surface area is 127 Å². The van der Waals surface area contributed by atoms with E-state index in [-0.39, 0.29) is 0 Å². The molecule has 3 nitrogen and oxygen atoms in total. The van der Waals surface area contributed by atoms with Crippen LogP contribution >= 0.6 is 0 Å². The van der Waals surface area contributed by atoms with E-state index in [1.165, 1.54) is 17.4 Å². The molecule has 3 heteroatoms. The SMILES string of the molecule is CCC1CN(CCc2cccc3cccnc23)C(C)CN1. The number of aromatic nitrogens is 1. The number of hydrogen-bond donors (Lipinski definition) is 1. The molecule has 0 amide bonds. The van der Waals surface area contributed by atoms with Crippen LogP contribution in [0.2, 0.25) is 0 Å². The first-order valence-electron chi connectivity index (χ1n) is 8.08. The summed E-state index contributed by atoms with van der Waals surface area (Å²) >= 11 is 0. The number of piperazine rings is 1. The first-order chi connectivity index (χ1) is 10.3. The number of benzene rings is 1. The van der Waals surface area contributed by atoms with Crippen LogP contribution in [0.3, 0.4) is 0 Å². The lowest BCUT2D eigenvalue weighted by molar-refractivity contribution is 0.141. The zero-order chi connectivity index (χ0) is 14.7. The van der Waals surface area contributed by atoms with Crippen LogP contribution in [0.25, 0.3) is 10.9 Å². The Bertz CT molecular complexity index is 591. The molecule has 1 aliphatic heterocycles. The van der Waals surface area contributed by atoms with Crippen LogP contribution in [0.1, 0.15) is 25.8 Å². The lowest BCUT2D eigenvalue weighted by atomic mass is 10.0. The molecule has 3 rings (SSSR count). The minimum Gasteiger partial charge on any atom is -0.311 e. The first kappa shape index (κ1) is 14.5. The van der Waals surface area contributed by atoms with Gasteiger partial charge in [0.05, 0.1) is 5.52 Å². The van der Waals surface area contributed by atoms with E-state index in [1.807, 2.05) is 12.3 Å². The predicted octanol–water partition coefficient (Wildman–Crippen LogP) is 2.85. The van der Waals surface area contributed by atoms with Gasteiger partial charge in [0, 0.05) is 43.3 Å². The van der Waals surface area contributed by atoms with Gasteiger partial charge in [-0.05, 0) is 31.4 Å². The summed E-state index contributed by atoms with van der Waals surface area (Å²) in [4.78, 5) is 7.18. The van der Waals surface area contributed by atoms with Crippen molar-refractivity contribution in [2.45, 2.75) is 38.8 Å². The summed E-state index contributed by atoms with van der Waals surface area (Å²) in [6.45, 7) is 7.97. The summed E-state index contributed by atoms with van der Waals surface area (Å²) in [6.07, 6.45) is 4.18. The lowest BCUT2D eigenvalue weighted by Gasteiger charge is -2.38. The normalized spacial score (nSPS) is 23.5. The molecule has 0 saturated carbocycles. The van der Waals surface area contributed by atoms with E-state index in [1.54, 1.807) is 0 Å². The molecule has 0 bridgehead atoms. The van der Waals surface area contributed by atoms with Crippen molar-refractivity contribution in [2.24, 2.45) is 0 Å². The highest BCUT2D eigenvalue weighted by molar-refractivity contribution is 5.81. The molecule has 1 N–H and O–H groups in total. The summed E-state index contributed by atoms with van der Waals surface area (Å²) in [5.74, 6) is 0. The summed E-state index contributed by atoms with van der Waals surface area (Å²) in [5.41, 5.74) is 2.53. The molecule has 0 radical (unpaired) electrons. The van der Waals surface area contributed by atoms with Crippen LogP contribution in [0.15, 0.2) is 36.5 Å². The molecular weight excluding hydrogens is 258 g/mol. The van der Waals surface area contributed by atoms with Gasteiger partial charge in [-0.15, -0.1) is 0 Å². The highest BCUT2D eigenvalue weighted by Gasteiger charge is 2.23. The van der Waals surface area contributed by atoms with Gasteiger partial charge in [-0.25, -0.2) is 0 Å². The van der Waals surface area contributed by atoms with Crippen molar-refractivity contribution in [3.8, 4) is 0 Å². The minimum absolute atomic E-state index is 0.621. The van der Waals surface area contributed by atoms with Crippen LogP contribution in [0.4, 0.5) is 0 Å². The maximum atomic E-state index is 4.56. The van der Waals surface area contributed by atoms with Gasteiger partial charge in [0.1, 0.15) is 0 Å². The third-order valence-corrected chi connectivity index (χ3v) is 4.66. The molecular formula is C18H25N3. The Morgan fingerprint density at radius 1 is 1.29 bits per heavy atom. The van der Waals surface area contributed by atoms with Gasteiger partial charge in [-0.2, -0.15) is 0 Å². The fourth-order valence-corrected chi connectivity index (χ4v) is 3.21. The fourth-order valence-electron chi connectivity index (χ4n) is 3.21. The predicted molar refractivity (Wildman–Crippen MR) is 88.6 cm³/mol. The molecule has 112 valence electrons. The Morgan fingerprint density at radius 2 is 2.14 bits per heavy atom. The number of hydrogen-bond acceptors (Lipinski definition) is 3. The van der Waals surface area contributed by atoms with E-state index in [2.05, 4.69) is 53.3 Å². The van der Waals surface area contributed by atoms with E-state index in [0.717, 1.165) is 31.6 Å². The molecule has 0 spiro atoms. The van der Waals surface area contributed by atoms with Crippen LogP contribution in [-0.2, 0) is 6.42 Å². The number of rotatable bonds is 4. The van der Waals surface area contributed by atoms with E-state index < -0.39 is 0 Å². The van der Waals surface area contributed by atoms with Crippen molar-refractivity contribution in [2.75, 3.05) is 19.6 Å². The molecule has 2 heterocycles. The topological polar surface area (TPSA) is 28.2 Å². The van der Waals surface area contributed by atoms with Crippen molar-refractivity contribution in [3.05, 3.63) is 42.1 Å². The van der Waals surface area contributed by atoms with Crippen LogP contribution in [-0.4, -0.2) is 41.6 Å². The van der Waals surface area contributed by atoms with Crippen LogP contribution in [0.5, 0.6) is 0 Å². The van der Waals surface area contributed by atoms with E-state index in [9.17, 15) is 0 Å². The number of fused-ring (bicyclic) bond motifs is 1. The largest absolute Gasteiger partial charge is 0.311 e. The third kappa shape index (κ3) is 3.25. The van der Waals surface area contributed by atoms with Crippen molar-refractivity contribution in [1.29, 1.82) is 0 Å². The van der Waals surface area contributed by atoms with Crippen molar-refractivity contribution in [3.63, 3.8) is 0 Å². The molecule has 0 aliphatic carbocycles. The van der Waals surface area contributed by atoms with Gasteiger partial charge in [-0.1, -0.05) is 31.2 Å². The summed E-state index contributed by atoms with van der Waals surface area (Å²) in [5, 5.41) is 4.87. The standard InChI is InChI=1S/C18H25N3/c1-3-17-13-21(14(2)12-20-17)11-9-16-7-4-6-15-8-5-10-19-18(15)16/h4-8,10,14,17,20H,3,9,11-13H2,1-2H3. The fraction of sp³-hybridized carbons (Fsp3) is 0.500. The highest BCUT2D eigenvalue weighted by Crippen LogP contribution is 2.18. The molecule has 2 unspecified atom stereocenters. The van der Waals surface area contributed by atoms with Gasteiger partial charge in [0.2, 0.25) is 0 Å². The second-order valence-corrected chi connectivity index (χ2v) is 6.10. The average molecular weight is 283 g/mol. The molecule has 2 atom stereocenters. The smallest absolute Gasteiger partial charge is 0.0734 e. The molecule has 2 aromatic rings. The molecule has 1 saturated heterocycles. The van der Waals surface area contributed by atoms with Crippen molar-refractivity contribution < 1.29 is 0 Å². The van der Waals surface area contributed by atoms with Gasteiger partial charge in [0.25, 0.3) is 0 Å². The summed E-state index contributed by atoms with van der Waals surface area (Å²) < 4.78 is 0. The quantitative estimate of drug-likeness (QED) is 0.935. The Hall–Kier alpha value is -1.45. The lowest BCUT2D eigenvalue weighted by Crippen LogP contribution is -2.55. The Kier molecular flexibility index (Phi) is 4.51. The number of pyridine rings is 1. The summed E-state index contributed by atoms with van der Waals surface area (Å²) in [6, 6.07) is 11.9. The molecule has 1 aromatic heterocycles. The monoisotopic (exact) mass is 283 g/mol. The molecule has 21 heavy (non-hydrogen) atoms. The number of nitrogens with one attached hydrogen (secondary N) is 1. The van der Waals surface area contributed by atoms with E-state index in [0.29, 0.717) is 12.1 Å². The van der Waals surface area contributed by atoms with Gasteiger partial charge < -0.3 is 5.32 Å². The van der Waals surface area contributed by atoms with Gasteiger partial charge >= 0.3 is 0 Å². The highest BCUT2D eigenvalue weighted by atomic mass is 15.2. The van der Waals surface area contributed by atoms with Crippen molar-refractivity contribution >= 4 is 10.9 Å². The van der Waals surface area contributed by atoms with Gasteiger partial charge in [-0.3, -0.25) is 9.88 Å². The maximum Gasteiger partial charge on any atom is 0.0734 e.